The summed E-state index contributed by atoms with van der Waals surface area (Å²) in [6, 6.07) is -0.0931. The van der Waals surface area contributed by atoms with Gasteiger partial charge < -0.3 is 15.5 Å². The molecule has 1 saturated carbocycles. The van der Waals surface area contributed by atoms with Crippen molar-refractivity contribution in [3.05, 3.63) is 11.8 Å². The second-order valence-electron chi connectivity index (χ2n) is 5.30. The van der Waals surface area contributed by atoms with Crippen LogP contribution in [0.5, 0.6) is 0 Å². The van der Waals surface area contributed by atoms with Crippen LogP contribution in [0.15, 0.2) is 11.8 Å². The first-order valence-electron chi connectivity index (χ1n) is 7.60. The number of nitrogens with zero attached hydrogens (tertiary/aromatic N) is 1. The molecule has 0 atom stereocenters. The zero-order chi connectivity index (χ0) is 14.1. The van der Waals surface area contributed by atoms with Gasteiger partial charge in [-0.05, 0) is 38.8 Å². The molecule has 0 aromatic heterocycles. The van der Waals surface area contributed by atoms with Crippen molar-refractivity contribution in [2.75, 3.05) is 26.2 Å². The van der Waals surface area contributed by atoms with Crippen LogP contribution in [0.4, 0.5) is 4.79 Å². The largest absolute Gasteiger partial charge is 0.337 e. The van der Waals surface area contributed by atoms with E-state index in [9.17, 15) is 4.79 Å². The van der Waals surface area contributed by atoms with Gasteiger partial charge in [0.25, 0.3) is 0 Å². The van der Waals surface area contributed by atoms with Gasteiger partial charge in [0, 0.05) is 19.3 Å². The minimum Gasteiger partial charge on any atom is -0.337 e. The number of hydrogen-bond acceptors (Lipinski definition) is 2. The highest BCUT2D eigenvalue weighted by Gasteiger charge is 2.16. The van der Waals surface area contributed by atoms with Crippen LogP contribution in [-0.2, 0) is 0 Å². The maximum absolute atomic E-state index is 11.6. The second-order valence-corrected chi connectivity index (χ2v) is 5.30. The van der Waals surface area contributed by atoms with E-state index in [1.165, 1.54) is 31.3 Å². The smallest absolute Gasteiger partial charge is 0.318 e. The number of carbonyl (C=O) groups is 1. The van der Waals surface area contributed by atoms with Gasteiger partial charge in [-0.1, -0.05) is 32.3 Å². The minimum atomic E-state index is -0.0931. The van der Waals surface area contributed by atoms with Crippen LogP contribution < -0.4 is 10.6 Å². The number of likely N-dealkylation sites (N-methyl/N-ethyl adjacent to an activating group) is 1. The van der Waals surface area contributed by atoms with Crippen LogP contribution in [-0.4, -0.2) is 37.1 Å². The summed E-state index contributed by atoms with van der Waals surface area (Å²) < 4.78 is 0. The van der Waals surface area contributed by atoms with Gasteiger partial charge in [0.1, 0.15) is 0 Å². The van der Waals surface area contributed by atoms with Crippen LogP contribution in [0.3, 0.4) is 0 Å². The van der Waals surface area contributed by atoms with Gasteiger partial charge in [-0.2, -0.15) is 0 Å². The topological polar surface area (TPSA) is 44.4 Å². The molecule has 0 aromatic carbocycles. The summed E-state index contributed by atoms with van der Waals surface area (Å²) in [6.45, 7) is 10.1. The molecule has 1 rings (SSSR count). The van der Waals surface area contributed by atoms with E-state index in [2.05, 4.69) is 36.3 Å². The van der Waals surface area contributed by atoms with E-state index < -0.39 is 0 Å². The van der Waals surface area contributed by atoms with Crippen molar-refractivity contribution in [1.82, 2.24) is 15.5 Å². The maximum atomic E-state index is 11.6. The lowest BCUT2D eigenvalue weighted by Gasteiger charge is -2.18. The summed E-state index contributed by atoms with van der Waals surface area (Å²) in [4.78, 5) is 13.9. The highest BCUT2D eigenvalue weighted by atomic mass is 16.2. The molecular weight excluding hydrogens is 238 g/mol. The Hall–Kier alpha value is -1.03. The molecule has 1 aliphatic carbocycles. The van der Waals surface area contributed by atoms with Crippen LogP contribution in [0.1, 0.15) is 46.5 Å². The normalized spacial score (nSPS) is 16.9. The molecule has 0 spiro atoms. The minimum absolute atomic E-state index is 0.0931. The fourth-order valence-corrected chi connectivity index (χ4v) is 2.60. The molecule has 1 fully saturated rings. The summed E-state index contributed by atoms with van der Waals surface area (Å²) in [5, 5.41) is 5.73. The number of urea groups is 1. The van der Waals surface area contributed by atoms with Crippen molar-refractivity contribution in [1.29, 1.82) is 0 Å². The highest BCUT2D eigenvalue weighted by molar-refractivity contribution is 5.74. The number of amides is 2. The molecule has 0 aliphatic heterocycles. The number of hydrogen-bond donors (Lipinski definition) is 2. The van der Waals surface area contributed by atoms with Crippen molar-refractivity contribution in [2.24, 2.45) is 5.92 Å². The lowest BCUT2D eigenvalue weighted by atomic mass is 10.0. The Labute approximate surface area is 117 Å². The second kappa shape index (κ2) is 8.97. The zero-order valence-corrected chi connectivity index (χ0v) is 12.7. The first kappa shape index (κ1) is 16.0. The van der Waals surface area contributed by atoms with E-state index in [-0.39, 0.29) is 6.03 Å². The number of carbonyl (C=O) groups excluding carboxylic acids is 1. The van der Waals surface area contributed by atoms with E-state index in [4.69, 9.17) is 0 Å². The van der Waals surface area contributed by atoms with Crippen LogP contribution in [0, 0.1) is 5.92 Å². The van der Waals surface area contributed by atoms with Crippen LogP contribution >= 0.6 is 0 Å². The van der Waals surface area contributed by atoms with E-state index >= 15 is 0 Å². The first-order chi connectivity index (χ1) is 9.17. The summed E-state index contributed by atoms with van der Waals surface area (Å²) in [5.74, 6) is 0.677. The lowest BCUT2D eigenvalue weighted by Crippen LogP contribution is -2.38. The Kier molecular flexibility index (Phi) is 7.56. The Morgan fingerprint density at radius 1 is 1.26 bits per heavy atom. The monoisotopic (exact) mass is 267 g/mol. The molecule has 0 radical (unpaired) electrons. The van der Waals surface area contributed by atoms with Crippen LogP contribution in [0.25, 0.3) is 0 Å². The Morgan fingerprint density at radius 3 is 2.47 bits per heavy atom. The van der Waals surface area contributed by atoms with Gasteiger partial charge in [-0.15, -0.1) is 0 Å². The molecule has 1 aliphatic rings. The molecule has 19 heavy (non-hydrogen) atoms. The number of allylic oxidation sites excluding steroid dienone is 1. The van der Waals surface area contributed by atoms with E-state index in [0.717, 1.165) is 19.6 Å². The summed E-state index contributed by atoms with van der Waals surface area (Å²) in [5.41, 5.74) is 1.30. The Balaban J connectivity index is 2.18. The fraction of sp³-hybridized carbons (Fsp3) is 0.800. The molecule has 2 N–H and O–H groups in total. The number of rotatable bonds is 7. The Morgan fingerprint density at radius 2 is 1.89 bits per heavy atom. The molecule has 0 unspecified atom stereocenters. The molecular formula is C15H29N3O. The summed E-state index contributed by atoms with van der Waals surface area (Å²) >= 11 is 0. The first-order valence-corrected chi connectivity index (χ1v) is 7.60. The highest BCUT2D eigenvalue weighted by Crippen LogP contribution is 2.30. The molecule has 0 bridgehead atoms. The molecule has 0 saturated heterocycles. The molecule has 110 valence electrons. The summed E-state index contributed by atoms with van der Waals surface area (Å²) in [7, 11) is 0. The lowest BCUT2D eigenvalue weighted by molar-refractivity contribution is 0.240. The van der Waals surface area contributed by atoms with Crippen molar-refractivity contribution in [2.45, 2.75) is 46.5 Å². The van der Waals surface area contributed by atoms with E-state index in [1.54, 1.807) is 0 Å². The zero-order valence-electron chi connectivity index (χ0n) is 12.7. The van der Waals surface area contributed by atoms with Crippen molar-refractivity contribution >= 4 is 6.03 Å². The summed E-state index contributed by atoms with van der Waals surface area (Å²) in [6.07, 6.45) is 7.07. The van der Waals surface area contributed by atoms with Crippen molar-refractivity contribution in [3.63, 3.8) is 0 Å². The van der Waals surface area contributed by atoms with Crippen molar-refractivity contribution in [3.8, 4) is 0 Å². The van der Waals surface area contributed by atoms with E-state index in [1.807, 2.05) is 6.20 Å². The van der Waals surface area contributed by atoms with Crippen LogP contribution in [0.2, 0.25) is 0 Å². The van der Waals surface area contributed by atoms with Gasteiger partial charge in [-0.3, -0.25) is 0 Å². The predicted octanol–water partition coefficient (Wildman–Crippen LogP) is 2.72. The predicted molar refractivity (Wildman–Crippen MR) is 80.0 cm³/mol. The third-order valence-electron chi connectivity index (χ3n) is 4.04. The van der Waals surface area contributed by atoms with E-state index in [0.29, 0.717) is 12.5 Å². The average molecular weight is 267 g/mol. The van der Waals surface area contributed by atoms with Gasteiger partial charge in [0.2, 0.25) is 0 Å². The third kappa shape index (κ3) is 6.10. The molecule has 4 heteroatoms. The Bertz CT molecular complexity index is 292. The number of nitrogens with one attached hydrogen (secondary N) is 2. The molecule has 2 amide bonds. The molecule has 4 nitrogen and oxygen atoms in total. The third-order valence-corrected chi connectivity index (χ3v) is 4.04. The fourth-order valence-electron chi connectivity index (χ4n) is 2.60. The van der Waals surface area contributed by atoms with Crippen molar-refractivity contribution < 1.29 is 4.79 Å². The van der Waals surface area contributed by atoms with Gasteiger partial charge in [0.05, 0.1) is 0 Å². The molecule has 0 aromatic rings. The van der Waals surface area contributed by atoms with Gasteiger partial charge >= 0.3 is 6.03 Å². The van der Waals surface area contributed by atoms with Gasteiger partial charge in [-0.25, -0.2) is 4.79 Å². The molecule has 0 heterocycles. The maximum Gasteiger partial charge on any atom is 0.318 e. The SMILES string of the molecule is CCN(CC)CCNC(=O)N/C=C(\C)C1CCCC1. The standard InChI is InChI=1S/C15H29N3O/c1-4-18(5-2)11-10-16-15(19)17-12-13(3)14-8-6-7-9-14/h12,14H,4-11H2,1-3H3,(H2,16,17,19)/b13-12+. The van der Waals surface area contributed by atoms with Gasteiger partial charge in [0.15, 0.2) is 0 Å². The quantitative estimate of drug-likeness (QED) is 0.745. The average Bonchev–Trinajstić information content (AvgIpc) is 2.95.